The number of nitrogens with one attached hydrogen (secondary N) is 2. The summed E-state index contributed by atoms with van der Waals surface area (Å²) in [6, 6.07) is 10.1. The van der Waals surface area contributed by atoms with Gasteiger partial charge in [-0.1, -0.05) is 30.3 Å². The fraction of sp³-hybridized carbons (Fsp3) is 0.600. The molecule has 4 rings (SSSR count). The van der Waals surface area contributed by atoms with E-state index in [2.05, 4.69) is 15.8 Å². The number of carbonyl (C=O) groups is 2. The summed E-state index contributed by atoms with van der Waals surface area (Å²) >= 11 is 0. The van der Waals surface area contributed by atoms with Crippen molar-refractivity contribution < 1.29 is 14.3 Å². The van der Waals surface area contributed by atoms with Gasteiger partial charge in [-0.25, -0.2) is 5.43 Å². The Balaban J connectivity index is 1.29. The lowest BCUT2D eigenvalue weighted by atomic mass is 9.93. The zero-order valence-electron chi connectivity index (χ0n) is 16.2. The van der Waals surface area contributed by atoms with Crippen LogP contribution < -0.4 is 10.9 Å². The van der Waals surface area contributed by atoms with E-state index in [1.54, 1.807) is 0 Å². The van der Waals surface area contributed by atoms with E-state index in [9.17, 15) is 9.59 Å². The van der Waals surface area contributed by atoms with Crippen LogP contribution in [0.2, 0.25) is 0 Å². The lowest BCUT2D eigenvalue weighted by Gasteiger charge is -2.37. The summed E-state index contributed by atoms with van der Waals surface area (Å²) in [7, 11) is 0. The second-order valence-corrected chi connectivity index (χ2v) is 7.61. The van der Waals surface area contributed by atoms with Crippen LogP contribution >= 0.6 is 0 Å². The molecule has 2 unspecified atom stereocenters. The molecule has 1 aromatic carbocycles. The van der Waals surface area contributed by atoms with Crippen molar-refractivity contribution in [3.05, 3.63) is 35.9 Å². The van der Waals surface area contributed by atoms with E-state index in [-0.39, 0.29) is 23.8 Å². The third-order valence-corrected chi connectivity index (χ3v) is 5.86. The maximum Gasteiger partial charge on any atom is 0.236 e. The highest BCUT2D eigenvalue weighted by Gasteiger charge is 2.37. The number of carbonyl (C=O) groups excluding carboxylic acids is 2. The Bertz CT molecular complexity index is 672. The summed E-state index contributed by atoms with van der Waals surface area (Å²) in [4.78, 5) is 31.6. The second-order valence-electron chi connectivity index (χ2n) is 7.61. The summed E-state index contributed by atoms with van der Waals surface area (Å²) in [6.45, 7) is 6.51. The Hall–Kier alpha value is -2.00. The molecule has 8 heteroatoms. The molecule has 3 fully saturated rings. The van der Waals surface area contributed by atoms with Gasteiger partial charge in [-0.2, -0.15) is 0 Å². The van der Waals surface area contributed by atoms with E-state index < -0.39 is 0 Å². The number of hydrogen-bond donors (Lipinski definition) is 2. The topological polar surface area (TPSA) is 77.2 Å². The molecule has 3 saturated heterocycles. The number of benzene rings is 1. The van der Waals surface area contributed by atoms with Crippen molar-refractivity contribution in [2.45, 2.75) is 6.04 Å². The van der Waals surface area contributed by atoms with Crippen LogP contribution in [0, 0.1) is 5.92 Å². The minimum absolute atomic E-state index is 0.0188. The van der Waals surface area contributed by atoms with Crippen molar-refractivity contribution in [2.24, 2.45) is 5.92 Å². The van der Waals surface area contributed by atoms with Crippen LogP contribution in [0.3, 0.4) is 0 Å². The SMILES string of the molecule is O=C(CN1CCOCC1)N1CCN(C(=O)C2CNNC2c2ccccc2)CC1. The van der Waals surface area contributed by atoms with Gasteiger partial charge in [0, 0.05) is 45.8 Å². The number of rotatable bonds is 4. The van der Waals surface area contributed by atoms with Crippen LogP contribution in [0.1, 0.15) is 11.6 Å². The average Bonchev–Trinajstić information content (AvgIpc) is 3.24. The quantitative estimate of drug-likeness (QED) is 0.722. The van der Waals surface area contributed by atoms with Gasteiger partial charge in [0.05, 0.1) is 31.7 Å². The van der Waals surface area contributed by atoms with Gasteiger partial charge in [0.25, 0.3) is 0 Å². The van der Waals surface area contributed by atoms with Crippen molar-refractivity contribution in [2.75, 3.05) is 65.6 Å². The minimum Gasteiger partial charge on any atom is -0.379 e. The van der Waals surface area contributed by atoms with Crippen LogP contribution in [0.25, 0.3) is 0 Å². The highest BCUT2D eigenvalue weighted by molar-refractivity contribution is 5.82. The third kappa shape index (κ3) is 4.35. The Morgan fingerprint density at radius 2 is 1.64 bits per heavy atom. The maximum absolute atomic E-state index is 13.1. The molecule has 0 radical (unpaired) electrons. The van der Waals surface area contributed by atoms with Crippen LogP contribution in [0.5, 0.6) is 0 Å². The van der Waals surface area contributed by atoms with Crippen LogP contribution in [0.15, 0.2) is 30.3 Å². The molecule has 3 heterocycles. The molecular formula is C20H29N5O3. The fourth-order valence-corrected chi connectivity index (χ4v) is 4.16. The van der Waals surface area contributed by atoms with Gasteiger partial charge in [-0.15, -0.1) is 0 Å². The highest BCUT2D eigenvalue weighted by Crippen LogP contribution is 2.26. The van der Waals surface area contributed by atoms with Gasteiger partial charge in [0.2, 0.25) is 11.8 Å². The largest absolute Gasteiger partial charge is 0.379 e. The van der Waals surface area contributed by atoms with Crippen molar-refractivity contribution >= 4 is 11.8 Å². The maximum atomic E-state index is 13.1. The molecule has 3 aliphatic rings. The molecular weight excluding hydrogens is 358 g/mol. The normalized spacial score (nSPS) is 26.4. The summed E-state index contributed by atoms with van der Waals surface area (Å²) in [5.41, 5.74) is 7.49. The van der Waals surface area contributed by atoms with Gasteiger partial charge in [0.1, 0.15) is 0 Å². The predicted molar refractivity (Wildman–Crippen MR) is 104 cm³/mol. The van der Waals surface area contributed by atoms with E-state index in [0.29, 0.717) is 52.5 Å². The second kappa shape index (κ2) is 9.00. The first kappa shape index (κ1) is 19.3. The van der Waals surface area contributed by atoms with Gasteiger partial charge in [0.15, 0.2) is 0 Å². The lowest BCUT2D eigenvalue weighted by molar-refractivity contribution is -0.143. The minimum atomic E-state index is -0.127. The molecule has 3 aliphatic heterocycles. The van der Waals surface area contributed by atoms with Crippen LogP contribution in [-0.4, -0.2) is 92.1 Å². The van der Waals surface area contributed by atoms with E-state index in [1.165, 1.54) is 0 Å². The van der Waals surface area contributed by atoms with Gasteiger partial charge in [-0.3, -0.25) is 19.9 Å². The van der Waals surface area contributed by atoms with Crippen molar-refractivity contribution in [1.82, 2.24) is 25.6 Å². The summed E-state index contributed by atoms with van der Waals surface area (Å²) in [5, 5.41) is 0. The van der Waals surface area contributed by atoms with E-state index in [1.807, 2.05) is 40.1 Å². The summed E-state index contributed by atoms with van der Waals surface area (Å²) in [6.07, 6.45) is 0. The molecule has 2 amide bonds. The molecule has 1 aromatic rings. The molecule has 0 saturated carbocycles. The Kier molecular flexibility index (Phi) is 6.21. The lowest BCUT2D eigenvalue weighted by Crippen LogP contribution is -2.54. The number of nitrogens with zero attached hydrogens (tertiary/aromatic N) is 3. The first-order valence-corrected chi connectivity index (χ1v) is 10.1. The summed E-state index contributed by atoms with van der Waals surface area (Å²) < 4.78 is 5.34. The zero-order valence-corrected chi connectivity index (χ0v) is 16.2. The van der Waals surface area contributed by atoms with Gasteiger partial charge in [-0.05, 0) is 5.56 Å². The standard InChI is InChI=1S/C20H29N5O3/c26-18(15-23-10-12-28-13-11-23)24-6-8-25(9-7-24)20(27)17-14-21-22-19(17)16-4-2-1-3-5-16/h1-5,17,19,21-22H,6-15H2. The number of amides is 2. The smallest absolute Gasteiger partial charge is 0.236 e. The first-order chi connectivity index (χ1) is 13.7. The van der Waals surface area contributed by atoms with Crippen molar-refractivity contribution in [3.8, 4) is 0 Å². The van der Waals surface area contributed by atoms with Crippen molar-refractivity contribution in [3.63, 3.8) is 0 Å². The Morgan fingerprint density at radius 3 is 2.36 bits per heavy atom. The average molecular weight is 387 g/mol. The monoisotopic (exact) mass is 387 g/mol. The highest BCUT2D eigenvalue weighted by atomic mass is 16.5. The van der Waals surface area contributed by atoms with Gasteiger partial charge < -0.3 is 14.5 Å². The molecule has 28 heavy (non-hydrogen) atoms. The molecule has 0 aliphatic carbocycles. The van der Waals surface area contributed by atoms with Gasteiger partial charge >= 0.3 is 0 Å². The molecule has 0 aromatic heterocycles. The molecule has 0 bridgehead atoms. The van der Waals surface area contributed by atoms with Crippen molar-refractivity contribution in [1.29, 1.82) is 0 Å². The third-order valence-electron chi connectivity index (χ3n) is 5.86. The fourth-order valence-electron chi connectivity index (χ4n) is 4.16. The zero-order chi connectivity index (χ0) is 19.3. The number of piperazine rings is 1. The number of ether oxygens (including phenoxy) is 1. The van der Waals surface area contributed by atoms with E-state index >= 15 is 0 Å². The van der Waals surface area contributed by atoms with E-state index in [4.69, 9.17) is 4.74 Å². The van der Waals surface area contributed by atoms with Crippen LogP contribution in [-0.2, 0) is 14.3 Å². The Morgan fingerprint density at radius 1 is 0.964 bits per heavy atom. The van der Waals surface area contributed by atoms with Crippen LogP contribution in [0.4, 0.5) is 0 Å². The molecule has 8 nitrogen and oxygen atoms in total. The molecule has 2 N–H and O–H groups in total. The van der Waals surface area contributed by atoms with E-state index in [0.717, 1.165) is 18.7 Å². The first-order valence-electron chi connectivity index (χ1n) is 10.1. The molecule has 0 spiro atoms. The number of hydrazine groups is 1. The number of morpholine rings is 1. The predicted octanol–water partition coefficient (Wildman–Crippen LogP) is -0.545. The molecule has 152 valence electrons. The Labute approximate surface area is 165 Å². The summed E-state index contributed by atoms with van der Waals surface area (Å²) in [5.74, 6) is 0.185. The number of hydrogen-bond acceptors (Lipinski definition) is 6. The molecule has 2 atom stereocenters.